The average molecular weight is 306 g/mol. The van der Waals surface area contributed by atoms with Gasteiger partial charge >= 0.3 is 0 Å². The number of ether oxygens (including phenoxy) is 1. The molecule has 19 heavy (non-hydrogen) atoms. The van der Waals surface area contributed by atoms with E-state index >= 15 is 0 Å². The Bertz CT molecular complexity index is 463. The summed E-state index contributed by atoms with van der Waals surface area (Å²) in [5.41, 5.74) is 0.456. The molecule has 6 heteroatoms. The van der Waals surface area contributed by atoms with E-state index < -0.39 is 0 Å². The van der Waals surface area contributed by atoms with Crippen LogP contribution in [0.3, 0.4) is 0 Å². The third-order valence-corrected chi connectivity index (χ3v) is 3.26. The Morgan fingerprint density at radius 1 is 1.42 bits per heavy atom. The molecule has 0 aliphatic carbocycles. The van der Waals surface area contributed by atoms with Gasteiger partial charge < -0.3 is 14.7 Å². The van der Waals surface area contributed by atoms with Gasteiger partial charge in [-0.05, 0) is 26.0 Å². The number of amides is 1. The first-order valence-corrected chi connectivity index (χ1v) is 6.59. The van der Waals surface area contributed by atoms with Crippen LogP contribution in [0.15, 0.2) is 12.1 Å². The summed E-state index contributed by atoms with van der Waals surface area (Å²) >= 11 is 11.8. The summed E-state index contributed by atoms with van der Waals surface area (Å²) in [4.78, 5) is 13.4. The maximum absolute atomic E-state index is 11.8. The van der Waals surface area contributed by atoms with E-state index in [1.165, 1.54) is 6.07 Å². The van der Waals surface area contributed by atoms with Crippen molar-refractivity contribution in [3.8, 4) is 5.75 Å². The lowest BCUT2D eigenvalue weighted by Gasteiger charge is -2.22. The zero-order valence-electron chi connectivity index (χ0n) is 11.1. The molecule has 0 heterocycles. The van der Waals surface area contributed by atoms with E-state index in [9.17, 15) is 9.90 Å². The summed E-state index contributed by atoms with van der Waals surface area (Å²) in [5, 5.41) is 9.92. The molecule has 1 aromatic rings. The van der Waals surface area contributed by atoms with Crippen LogP contribution in [0.1, 0.15) is 19.4 Å². The van der Waals surface area contributed by atoms with Crippen molar-refractivity contribution < 1.29 is 14.6 Å². The molecule has 4 nitrogen and oxygen atoms in total. The van der Waals surface area contributed by atoms with Gasteiger partial charge in [-0.1, -0.05) is 23.2 Å². The Balaban J connectivity index is 2.81. The van der Waals surface area contributed by atoms with Crippen molar-refractivity contribution in [2.24, 2.45) is 0 Å². The number of halogens is 2. The van der Waals surface area contributed by atoms with E-state index in [2.05, 4.69) is 0 Å². The molecule has 0 saturated heterocycles. The molecule has 0 saturated carbocycles. The van der Waals surface area contributed by atoms with Crippen LogP contribution in [0.25, 0.3) is 0 Å². The van der Waals surface area contributed by atoms with Gasteiger partial charge in [-0.15, -0.1) is 0 Å². The van der Waals surface area contributed by atoms with Crippen molar-refractivity contribution in [1.29, 1.82) is 0 Å². The molecule has 0 aliphatic rings. The van der Waals surface area contributed by atoms with Crippen LogP contribution in [0.2, 0.25) is 10.0 Å². The van der Waals surface area contributed by atoms with Crippen LogP contribution in [0, 0.1) is 0 Å². The Morgan fingerprint density at radius 2 is 2.05 bits per heavy atom. The Hall–Kier alpha value is -0.970. The number of rotatable bonds is 5. The monoisotopic (exact) mass is 305 g/mol. The molecule has 1 rings (SSSR count). The second-order valence-corrected chi connectivity index (χ2v) is 5.26. The number of carbonyl (C=O) groups excluding carboxylic acids is 1. The van der Waals surface area contributed by atoms with Gasteiger partial charge in [0.1, 0.15) is 5.75 Å². The second kappa shape index (κ2) is 6.98. The SMILES string of the molecule is CC(C)N(C)C(=O)COc1c(Cl)cc(Cl)cc1CO. The van der Waals surface area contributed by atoms with Crippen molar-refractivity contribution >= 4 is 29.1 Å². The number of benzene rings is 1. The summed E-state index contributed by atoms with van der Waals surface area (Å²) in [6.07, 6.45) is 0. The van der Waals surface area contributed by atoms with Gasteiger partial charge in [0.05, 0.1) is 11.6 Å². The van der Waals surface area contributed by atoms with E-state index in [1.54, 1.807) is 18.0 Å². The number of carbonyl (C=O) groups is 1. The van der Waals surface area contributed by atoms with Crippen LogP contribution < -0.4 is 4.74 Å². The van der Waals surface area contributed by atoms with E-state index in [0.717, 1.165) is 0 Å². The zero-order valence-corrected chi connectivity index (χ0v) is 12.6. The highest BCUT2D eigenvalue weighted by Crippen LogP contribution is 2.32. The van der Waals surface area contributed by atoms with Crippen molar-refractivity contribution in [1.82, 2.24) is 4.90 Å². The Labute approximate surface area is 122 Å². The predicted molar refractivity (Wildman–Crippen MR) is 75.8 cm³/mol. The first-order chi connectivity index (χ1) is 8.86. The topological polar surface area (TPSA) is 49.8 Å². The molecule has 0 fully saturated rings. The van der Waals surface area contributed by atoms with Crippen molar-refractivity contribution in [3.05, 3.63) is 27.7 Å². The number of aliphatic hydroxyl groups excluding tert-OH is 1. The molecule has 0 radical (unpaired) electrons. The van der Waals surface area contributed by atoms with E-state index in [-0.39, 0.29) is 30.2 Å². The maximum atomic E-state index is 11.8. The smallest absolute Gasteiger partial charge is 0.260 e. The first-order valence-electron chi connectivity index (χ1n) is 5.84. The van der Waals surface area contributed by atoms with Crippen LogP contribution in [-0.2, 0) is 11.4 Å². The third kappa shape index (κ3) is 4.27. The highest BCUT2D eigenvalue weighted by atomic mass is 35.5. The Morgan fingerprint density at radius 3 is 2.58 bits per heavy atom. The minimum atomic E-state index is -0.260. The summed E-state index contributed by atoms with van der Waals surface area (Å²) < 4.78 is 5.41. The lowest BCUT2D eigenvalue weighted by Crippen LogP contribution is -2.36. The summed E-state index contributed by atoms with van der Waals surface area (Å²) in [6, 6.07) is 3.15. The maximum Gasteiger partial charge on any atom is 0.260 e. The van der Waals surface area contributed by atoms with Gasteiger partial charge in [0.2, 0.25) is 0 Å². The van der Waals surface area contributed by atoms with Crippen molar-refractivity contribution in [2.45, 2.75) is 26.5 Å². The molecule has 106 valence electrons. The second-order valence-electron chi connectivity index (χ2n) is 4.42. The molecule has 0 aliphatic heterocycles. The number of aliphatic hydroxyl groups is 1. The molecule has 0 atom stereocenters. The minimum absolute atomic E-state index is 0.0918. The average Bonchev–Trinajstić information content (AvgIpc) is 2.35. The molecular formula is C13H17Cl2NO3. The summed E-state index contributed by atoms with van der Waals surface area (Å²) in [6.45, 7) is 3.42. The number of nitrogens with zero attached hydrogens (tertiary/aromatic N) is 1. The standard InChI is InChI=1S/C13H17Cl2NO3/c1-8(2)16(3)12(18)7-19-13-9(6-17)4-10(14)5-11(13)15/h4-5,8,17H,6-7H2,1-3H3. The summed E-state index contributed by atoms with van der Waals surface area (Å²) in [7, 11) is 1.70. The van der Waals surface area contributed by atoms with Gasteiger partial charge in [0.15, 0.2) is 6.61 Å². The van der Waals surface area contributed by atoms with Gasteiger partial charge in [-0.25, -0.2) is 0 Å². The van der Waals surface area contributed by atoms with E-state index in [0.29, 0.717) is 16.3 Å². The fraction of sp³-hybridized carbons (Fsp3) is 0.462. The number of hydrogen-bond donors (Lipinski definition) is 1. The van der Waals surface area contributed by atoms with Crippen LogP contribution in [0.5, 0.6) is 5.75 Å². The largest absolute Gasteiger partial charge is 0.482 e. The van der Waals surface area contributed by atoms with Gasteiger partial charge in [-0.2, -0.15) is 0 Å². The van der Waals surface area contributed by atoms with Gasteiger partial charge in [0, 0.05) is 23.7 Å². The van der Waals surface area contributed by atoms with Crippen molar-refractivity contribution in [3.63, 3.8) is 0 Å². The lowest BCUT2D eigenvalue weighted by molar-refractivity contribution is -0.133. The van der Waals surface area contributed by atoms with Gasteiger partial charge in [-0.3, -0.25) is 4.79 Å². The quantitative estimate of drug-likeness (QED) is 0.910. The molecule has 0 spiro atoms. The summed E-state index contributed by atoms with van der Waals surface area (Å²) in [5.74, 6) is 0.129. The van der Waals surface area contributed by atoms with Crippen LogP contribution >= 0.6 is 23.2 Å². The molecule has 1 amide bonds. The zero-order chi connectivity index (χ0) is 14.6. The van der Waals surface area contributed by atoms with Gasteiger partial charge in [0.25, 0.3) is 5.91 Å². The highest BCUT2D eigenvalue weighted by molar-refractivity contribution is 6.35. The Kier molecular flexibility index (Phi) is 5.91. The number of likely N-dealkylation sites (N-methyl/N-ethyl adjacent to an activating group) is 1. The van der Waals surface area contributed by atoms with Crippen LogP contribution in [0.4, 0.5) is 0 Å². The first kappa shape index (κ1) is 16.1. The fourth-order valence-corrected chi connectivity index (χ4v) is 2.01. The fourth-order valence-electron chi connectivity index (χ4n) is 1.42. The van der Waals surface area contributed by atoms with E-state index in [1.807, 2.05) is 13.8 Å². The minimum Gasteiger partial charge on any atom is -0.482 e. The lowest BCUT2D eigenvalue weighted by atomic mass is 10.2. The predicted octanol–water partition coefficient (Wildman–Crippen LogP) is 2.73. The number of hydrogen-bond acceptors (Lipinski definition) is 3. The highest BCUT2D eigenvalue weighted by Gasteiger charge is 2.15. The normalized spacial score (nSPS) is 10.7. The molecule has 0 bridgehead atoms. The molecule has 0 unspecified atom stereocenters. The van der Waals surface area contributed by atoms with E-state index in [4.69, 9.17) is 27.9 Å². The molecule has 1 N–H and O–H groups in total. The molecule has 1 aromatic carbocycles. The molecular weight excluding hydrogens is 289 g/mol. The molecule has 0 aromatic heterocycles. The van der Waals surface area contributed by atoms with Crippen LogP contribution in [-0.4, -0.2) is 35.6 Å². The van der Waals surface area contributed by atoms with Crippen molar-refractivity contribution in [2.75, 3.05) is 13.7 Å². The third-order valence-electron chi connectivity index (χ3n) is 2.76.